The van der Waals surface area contributed by atoms with Crippen LogP contribution in [0.2, 0.25) is 0 Å². The molecule has 0 heterocycles. The van der Waals surface area contributed by atoms with Gasteiger partial charge in [0.2, 0.25) is 0 Å². The monoisotopic (exact) mass is 313 g/mol. The molecule has 0 aliphatic rings. The van der Waals surface area contributed by atoms with Crippen LogP contribution >= 0.6 is 11.8 Å². The topological polar surface area (TPSA) is 29.1 Å². The lowest BCUT2D eigenvalue weighted by Crippen LogP contribution is -2.42. The lowest BCUT2D eigenvalue weighted by Gasteiger charge is -2.24. The first-order valence-electron chi connectivity index (χ1n) is 7.59. The van der Waals surface area contributed by atoms with Crippen LogP contribution in [-0.2, 0) is 5.75 Å². The maximum atomic E-state index is 12.2. The second kappa shape index (κ2) is 7.50. The SMILES string of the molecule is CCC(C)(C)NC(=O)c1ccc(CSc2ccccc2)cc1. The van der Waals surface area contributed by atoms with Crippen LogP contribution in [0.15, 0.2) is 59.5 Å². The molecule has 0 aromatic heterocycles. The van der Waals surface area contributed by atoms with Gasteiger partial charge in [0.15, 0.2) is 0 Å². The highest BCUT2D eigenvalue weighted by atomic mass is 32.2. The van der Waals surface area contributed by atoms with Crippen LogP contribution in [0.4, 0.5) is 0 Å². The van der Waals surface area contributed by atoms with Crippen LogP contribution in [0.25, 0.3) is 0 Å². The van der Waals surface area contributed by atoms with E-state index in [1.807, 2.05) is 56.3 Å². The van der Waals surface area contributed by atoms with Crippen molar-refractivity contribution >= 4 is 17.7 Å². The van der Waals surface area contributed by atoms with Crippen molar-refractivity contribution < 1.29 is 4.79 Å². The molecule has 3 heteroatoms. The van der Waals surface area contributed by atoms with Gasteiger partial charge in [-0.25, -0.2) is 0 Å². The molecule has 0 radical (unpaired) electrons. The van der Waals surface area contributed by atoms with E-state index in [0.29, 0.717) is 0 Å². The van der Waals surface area contributed by atoms with E-state index in [1.54, 1.807) is 11.8 Å². The third-order valence-corrected chi connectivity index (χ3v) is 4.78. The average molecular weight is 313 g/mol. The molecule has 0 saturated heterocycles. The van der Waals surface area contributed by atoms with Gasteiger partial charge >= 0.3 is 0 Å². The van der Waals surface area contributed by atoms with E-state index in [-0.39, 0.29) is 11.4 Å². The molecule has 22 heavy (non-hydrogen) atoms. The van der Waals surface area contributed by atoms with Gasteiger partial charge in [-0.05, 0) is 50.1 Å². The molecular formula is C19H23NOS. The smallest absolute Gasteiger partial charge is 0.251 e. The van der Waals surface area contributed by atoms with Crippen LogP contribution in [0.1, 0.15) is 43.1 Å². The summed E-state index contributed by atoms with van der Waals surface area (Å²) in [6.07, 6.45) is 0.907. The number of amides is 1. The quantitative estimate of drug-likeness (QED) is 0.769. The van der Waals surface area contributed by atoms with Gasteiger partial charge in [-0.2, -0.15) is 0 Å². The zero-order valence-electron chi connectivity index (χ0n) is 13.4. The Morgan fingerprint density at radius 2 is 1.68 bits per heavy atom. The van der Waals surface area contributed by atoms with Crippen molar-refractivity contribution in [2.45, 2.75) is 43.4 Å². The van der Waals surface area contributed by atoms with Gasteiger partial charge in [-0.15, -0.1) is 11.8 Å². The Morgan fingerprint density at radius 1 is 1.05 bits per heavy atom. The molecule has 0 aliphatic heterocycles. The third kappa shape index (κ3) is 4.92. The first-order valence-corrected chi connectivity index (χ1v) is 8.58. The maximum absolute atomic E-state index is 12.2. The number of carbonyl (C=O) groups is 1. The van der Waals surface area contributed by atoms with Crippen molar-refractivity contribution in [2.24, 2.45) is 0 Å². The normalized spacial score (nSPS) is 11.2. The van der Waals surface area contributed by atoms with Gasteiger partial charge in [0.05, 0.1) is 0 Å². The minimum Gasteiger partial charge on any atom is -0.347 e. The summed E-state index contributed by atoms with van der Waals surface area (Å²) >= 11 is 1.80. The van der Waals surface area contributed by atoms with E-state index in [1.165, 1.54) is 10.5 Å². The summed E-state index contributed by atoms with van der Waals surface area (Å²) in [4.78, 5) is 13.5. The van der Waals surface area contributed by atoms with Gasteiger partial charge in [0.25, 0.3) is 5.91 Å². The van der Waals surface area contributed by atoms with Crippen molar-refractivity contribution in [3.05, 3.63) is 65.7 Å². The van der Waals surface area contributed by atoms with Crippen LogP contribution in [-0.4, -0.2) is 11.4 Å². The summed E-state index contributed by atoms with van der Waals surface area (Å²) < 4.78 is 0. The van der Waals surface area contributed by atoms with Crippen molar-refractivity contribution in [3.8, 4) is 0 Å². The van der Waals surface area contributed by atoms with E-state index in [4.69, 9.17) is 0 Å². The zero-order valence-corrected chi connectivity index (χ0v) is 14.2. The lowest BCUT2D eigenvalue weighted by molar-refractivity contribution is 0.0911. The standard InChI is InChI=1S/C19H23NOS/c1-4-19(2,3)20-18(21)16-12-10-15(11-13-16)14-22-17-8-6-5-7-9-17/h5-13H,4,14H2,1-3H3,(H,20,21). The fourth-order valence-electron chi connectivity index (χ4n) is 1.90. The minimum atomic E-state index is -0.168. The second-order valence-electron chi connectivity index (χ2n) is 5.99. The largest absolute Gasteiger partial charge is 0.347 e. The predicted octanol–water partition coefficient (Wildman–Crippen LogP) is 4.90. The molecule has 2 nitrogen and oxygen atoms in total. The van der Waals surface area contributed by atoms with Crippen LogP contribution < -0.4 is 5.32 Å². The second-order valence-corrected chi connectivity index (χ2v) is 7.04. The molecule has 0 fully saturated rings. The summed E-state index contributed by atoms with van der Waals surface area (Å²) in [6, 6.07) is 18.2. The van der Waals surface area contributed by atoms with E-state index in [0.717, 1.165) is 17.7 Å². The molecule has 2 aromatic rings. The number of hydrogen-bond donors (Lipinski definition) is 1. The highest BCUT2D eigenvalue weighted by Crippen LogP contribution is 2.22. The Balaban J connectivity index is 1.94. The Kier molecular flexibility index (Phi) is 5.67. The number of thioether (sulfide) groups is 1. The first kappa shape index (κ1) is 16.6. The van der Waals surface area contributed by atoms with Crippen molar-refractivity contribution in [2.75, 3.05) is 0 Å². The summed E-state index contributed by atoms with van der Waals surface area (Å²) in [6.45, 7) is 6.15. The number of rotatable bonds is 6. The minimum absolute atomic E-state index is 0.00545. The molecule has 1 N–H and O–H groups in total. The van der Waals surface area contributed by atoms with Crippen molar-refractivity contribution in [1.82, 2.24) is 5.32 Å². The molecule has 0 spiro atoms. The summed E-state index contributed by atoms with van der Waals surface area (Å²) in [5, 5.41) is 3.06. The van der Waals surface area contributed by atoms with Gasteiger partial charge in [-0.1, -0.05) is 37.3 Å². The van der Waals surface area contributed by atoms with Gasteiger partial charge in [0.1, 0.15) is 0 Å². The van der Waals surface area contributed by atoms with E-state index >= 15 is 0 Å². The Morgan fingerprint density at radius 3 is 2.27 bits per heavy atom. The summed E-state index contributed by atoms with van der Waals surface area (Å²) in [5.74, 6) is 0.904. The number of hydrogen-bond acceptors (Lipinski definition) is 2. The van der Waals surface area contributed by atoms with Crippen molar-refractivity contribution in [1.29, 1.82) is 0 Å². The van der Waals surface area contributed by atoms with Crippen molar-refractivity contribution in [3.63, 3.8) is 0 Å². The number of nitrogens with one attached hydrogen (secondary N) is 1. The molecule has 0 aliphatic carbocycles. The molecule has 116 valence electrons. The van der Waals surface area contributed by atoms with Gasteiger partial charge in [0, 0.05) is 21.8 Å². The molecule has 0 bridgehead atoms. The van der Waals surface area contributed by atoms with E-state index in [9.17, 15) is 4.79 Å². The molecule has 2 aromatic carbocycles. The fourth-order valence-corrected chi connectivity index (χ4v) is 2.78. The van der Waals surface area contributed by atoms with Gasteiger partial charge < -0.3 is 5.32 Å². The van der Waals surface area contributed by atoms with Crippen LogP contribution in [0, 0.1) is 0 Å². The van der Waals surface area contributed by atoms with E-state index < -0.39 is 0 Å². The number of carbonyl (C=O) groups excluding carboxylic acids is 1. The average Bonchev–Trinajstić information content (AvgIpc) is 2.54. The number of benzene rings is 2. The van der Waals surface area contributed by atoms with Crippen LogP contribution in [0.5, 0.6) is 0 Å². The predicted molar refractivity (Wildman–Crippen MR) is 94.3 cm³/mol. The molecule has 2 rings (SSSR count). The summed E-state index contributed by atoms with van der Waals surface area (Å²) in [5.41, 5.74) is 1.77. The molecule has 0 saturated carbocycles. The van der Waals surface area contributed by atoms with E-state index in [2.05, 4.69) is 24.4 Å². The maximum Gasteiger partial charge on any atom is 0.251 e. The highest BCUT2D eigenvalue weighted by Gasteiger charge is 2.18. The fraction of sp³-hybridized carbons (Fsp3) is 0.316. The lowest BCUT2D eigenvalue weighted by atomic mass is 10.0. The van der Waals surface area contributed by atoms with Gasteiger partial charge in [-0.3, -0.25) is 4.79 Å². The molecule has 0 unspecified atom stereocenters. The molecule has 1 amide bonds. The third-order valence-electron chi connectivity index (χ3n) is 3.70. The Labute approximate surface area is 137 Å². The first-order chi connectivity index (χ1) is 10.5. The summed E-state index contributed by atoms with van der Waals surface area (Å²) in [7, 11) is 0. The molecular weight excluding hydrogens is 290 g/mol. The zero-order chi connectivity index (χ0) is 16.0. The molecule has 0 atom stereocenters. The Hall–Kier alpha value is -1.74. The Bertz CT molecular complexity index is 605. The highest BCUT2D eigenvalue weighted by molar-refractivity contribution is 7.98. The van der Waals surface area contributed by atoms with Crippen LogP contribution in [0.3, 0.4) is 0 Å².